The molecule has 0 spiro atoms. The molecule has 2 aromatic heterocycles. The number of carbonyl (C=O) groups is 1. The van der Waals surface area contributed by atoms with Gasteiger partial charge in [0, 0.05) is 44.3 Å². The number of aromatic carboxylic acids is 1. The summed E-state index contributed by atoms with van der Waals surface area (Å²) in [7, 11) is 0. The fourth-order valence-corrected chi connectivity index (χ4v) is 5.28. The highest BCUT2D eigenvalue weighted by Crippen LogP contribution is 2.42. The van der Waals surface area contributed by atoms with Crippen molar-refractivity contribution in [1.29, 1.82) is 0 Å². The zero-order valence-electron chi connectivity index (χ0n) is 20.1. The first-order valence-corrected chi connectivity index (χ1v) is 12.1. The standard InChI is InChI=1S/C27H25FN4O5/c1-15-14-37-26-23-18(25(34)19(27(35)36)13-32(15)23)11-20(28)24(26)31-9-7-30(8-10-31)12-17-6-5-16-3-2-4-21(33)22(16)29-17/h2-6,11,13,15,33H,7-10,12,14H2,1H3,(H,35,36). The highest BCUT2D eigenvalue weighted by Gasteiger charge is 2.31. The number of phenolic OH excluding ortho intramolecular Hbond substituents is 1. The summed E-state index contributed by atoms with van der Waals surface area (Å²) >= 11 is 0. The Morgan fingerprint density at radius 3 is 2.73 bits per heavy atom. The van der Waals surface area contributed by atoms with Crippen LogP contribution in [-0.4, -0.2) is 63.4 Å². The molecular formula is C27H25FN4O5. The molecule has 0 aliphatic carbocycles. The number of carboxylic acids is 1. The fraction of sp³-hybridized carbons (Fsp3) is 0.296. The number of aromatic hydroxyl groups is 1. The largest absolute Gasteiger partial charge is 0.506 e. The van der Waals surface area contributed by atoms with E-state index in [-0.39, 0.29) is 35.1 Å². The molecule has 4 aromatic rings. The van der Waals surface area contributed by atoms with Crippen molar-refractivity contribution >= 4 is 33.5 Å². The number of phenols is 1. The average Bonchev–Trinajstić information content (AvgIpc) is 2.88. The van der Waals surface area contributed by atoms with E-state index in [9.17, 15) is 19.8 Å². The molecule has 0 saturated carbocycles. The Labute approximate surface area is 210 Å². The molecule has 2 aliphatic rings. The predicted octanol–water partition coefficient (Wildman–Crippen LogP) is 3.37. The SMILES string of the molecule is CC1COc2c(N3CCN(Cc4ccc5cccc(O)c5n4)CC3)c(F)cc3c(=O)c(C(=O)O)cn1c23. The van der Waals surface area contributed by atoms with Crippen molar-refractivity contribution in [2.75, 3.05) is 37.7 Å². The number of piperazine rings is 1. The van der Waals surface area contributed by atoms with E-state index in [0.29, 0.717) is 49.4 Å². The van der Waals surface area contributed by atoms with Crippen LogP contribution in [0.25, 0.3) is 21.8 Å². The van der Waals surface area contributed by atoms with E-state index >= 15 is 4.39 Å². The summed E-state index contributed by atoms with van der Waals surface area (Å²) in [6.45, 7) is 5.06. The molecule has 10 heteroatoms. The average molecular weight is 505 g/mol. The second kappa shape index (κ2) is 8.74. The summed E-state index contributed by atoms with van der Waals surface area (Å²) in [4.78, 5) is 33.2. The van der Waals surface area contributed by atoms with Gasteiger partial charge in [-0.3, -0.25) is 9.69 Å². The number of anilines is 1. The molecule has 2 aliphatic heterocycles. The molecule has 0 radical (unpaired) electrons. The van der Waals surface area contributed by atoms with E-state index < -0.39 is 17.2 Å². The van der Waals surface area contributed by atoms with Gasteiger partial charge in [-0.2, -0.15) is 0 Å². The Balaban J connectivity index is 1.29. The van der Waals surface area contributed by atoms with Gasteiger partial charge in [-0.15, -0.1) is 0 Å². The zero-order chi connectivity index (χ0) is 25.8. The first-order valence-electron chi connectivity index (χ1n) is 12.1. The number of rotatable bonds is 4. The Bertz CT molecular complexity index is 1630. The molecule has 9 nitrogen and oxygen atoms in total. The summed E-state index contributed by atoms with van der Waals surface area (Å²) in [5.74, 6) is -1.52. The Morgan fingerprint density at radius 2 is 1.97 bits per heavy atom. The third-order valence-electron chi connectivity index (χ3n) is 7.20. The van der Waals surface area contributed by atoms with E-state index in [1.165, 1.54) is 6.20 Å². The van der Waals surface area contributed by atoms with Gasteiger partial charge in [-0.05, 0) is 25.1 Å². The first-order chi connectivity index (χ1) is 17.8. The second-order valence-corrected chi connectivity index (χ2v) is 9.59. The molecule has 6 rings (SSSR count). The number of benzene rings is 2. The molecule has 1 atom stereocenters. The topological polar surface area (TPSA) is 108 Å². The molecule has 2 N–H and O–H groups in total. The third-order valence-corrected chi connectivity index (χ3v) is 7.20. The van der Waals surface area contributed by atoms with Gasteiger partial charge in [-0.1, -0.05) is 18.2 Å². The Kier molecular flexibility index (Phi) is 5.49. The first kappa shape index (κ1) is 23.2. The van der Waals surface area contributed by atoms with E-state index in [1.54, 1.807) is 16.7 Å². The number of fused-ring (bicyclic) bond motifs is 1. The molecule has 0 bridgehead atoms. The van der Waals surface area contributed by atoms with Crippen molar-refractivity contribution in [3.63, 3.8) is 0 Å². The van der Waals surface area contributed by atoms with Gasteiger partial charge >= 0.3 is 5.97 Å². The lowest BCUT2D eigenvalue weighted by atomic mass is 10.1. The summed E-state index contributed by atoms with van der Waals surface area (Å²) in [5, 5.41) is 20.5. The van der Waals surface area contributed by atoms with Crippen molar-refractivity contribution in [1.82, 2.24) is 14.5 Å². The lowest BCUT2D eigenvalue weighted by Gasteiger charge is -2.38. The molecule has 1 saturated heterocycles. The number of hydrogen-bond donors (Lipinski definition) is 2. The number of halogens is 1. The van der Waals surface area contributed by atoms with Gasteiger partial charge in [0.1, 0.15) is 29.1 Å². The Hall–Kier alpha value is -4.18. The molecule has 4 heterocycles. The van der Waals surface area contributed by atoms with Crippen LogP contribution >= 0.6 is 0 Å². The van der Waals surface area contributed by atoms with Crippen LogP contribution in [0.3, 0.4) is 0 Å². The van der Waals surface area contributed by atoms with Crippen LogP contribution < -0.4 is 15.1 Å². The zero-order valence-corrected chi connectivity index (χ0v) is 20.1. The molecular weight excluding hydrogens is 479 g/mol. The lowest BCUT2D eigenvalue weighted by Crippen LogP contribution is -2.46. The molecule has 190 valence electrons. The highest BCUT2D eigenvalue weighted by molar-refractivity contribution is 5.97. The van der Waals surface area contributed by atoms with Crippen LogP contribution in [0.4, 0.5) is 10.1 Å². The van der Waals surface area contributed by atoms with Crippen molar-refractivity contribution in [2.45, 2.75) is 19.5 Å². The predicted molar refractivity (Wildman–Crippen MR) is 136 cm³/mol. The number of para-hydroxylation sites is 1. The summed E-state index contributed by atoms with van der Waals surface area (Å²) < 4.78 is 23.2. The van der Waals surface area contributed by atoms with Crippen molar-refractivity contribution in [3.8, 4) is 11.5 Å². The van der Waals surface area contributed by atoms with Gasteiger partial charge in [-0.25, -0.2) is 14.2 Å². The van der Waals surface area contributed by atoms with Crippen LogP contribution in [0.1, 0.15) is 29.0 Å². The number of aromatic nitrogens is 2. The number of carboxylic acid groups (broad SMARTS) is 1. The van der Waals surface area contributed by atoms with Crippen molar-refractivity contribution < 1.29 is 24.1 Å². The third kappa shape index (κ3) is 3.84. The lowest BCUT2D eigenvalue weighted by molar-refractivity contribution is 0.0694. The number of nitrogens with zero attached hydrogens (tertiary/aromatic N) is 4. The number of hydrogen-bond acceptors (Lipinski definition) is 7. The summed E-state index contributed by atoms with van der Waals surface area (Å²) in [5.41, 5.74) is 1.02. The van der Waals surface area contributed by atoms with Crippen molar-refractivity contribution in [3.05, 3.63) is 69.9 Å². The van der Waals surface area contributed by atoms with Crippen molar-refractivity contribution in [2.24, 2.45) is 0 Å². The van der Waals surface area contributed by atoms with E-state index in [0.717, 1.165) is 17.1 Å². The molecule has 1 fully saturated rings. The monoisotopic (exact) mass is 504 g/mol. The summed E-state index contributed by atoms with van der Waals surface area (Å²) in [6, 6.07) is 10.1. The smallest absolute Gasteiger partial charge is 0.341 e. The summed E-state index contributed by atoms with van der Waals surface area (Å²) in [6.07, 6.45) is 1.33. The number of pyridine rings is 2. The van der Waals surface area contributed by atoms with Crippen LogP contribution in [0, 0.1) is 5.82 Å². The van der Waals surface area contributed by atoms with Gasteiger partial charge in [0.2, 0.25) is 5.43 Å². The molecule has 0 amide bonds. The quantitative estimate of drug-likeness (QED) is 0.436. The second-order valence-electron chi connectivity index (χ2n) is 9.59. The maximum absolute atomic E-state index is 15.5. The van der Waals surface area contributed by atoms with Gasteiger partial charge in [0.25, 0.3) is 0 Å². The van der Waals surface area contributed by atoms with E-state index in [2.05, 4.69) is 9.88 Å². The highest BCUT2D eigenvalue weighted by atomic mass is 19.1. The minimum atomic E-state index is -1.34. The van der Waals surface area contributed by atoms with E-state index in [1.807, 2.05) is 30.0 Å². The van der Waals surface area contributed by atoms with Crippen LogP contribution in [0.5, 0.6) is 11.5 Å². The van der Waals surface area contributed by atoms with Crippen LogP contribution in [0.2, 0.25) is 0 Å². The maximum Gasteiger partial charge on any atom is 0.341 e. The van der Waals surface area contributed by atoms with Crippen LogP contribution in [-0.2, 0) is 6.54 Å². The Morgan fingerprint density at radius 1 is 1.19 bits per heavy atom. The van der Waals surface area contributed by atoms with Gasteiger partial charge in [0.15, 0.2) is 11.6 Å². The van der Waals surface area contributed by atoms with Gasteiger partial charge < -0.3 is 24.4 Å². The minimum absolute atomic E-state index is 0.00645. The molecule has 1 unspecified atom stereocenters. The van der Waals surface area contributed by atoms with E-state index in [4.69, 9.17) is 4.74 Å². The molecule has 2 aromatic carbocycles. The van der Waals surface area contributed by atoms with Crippen LogP contribution in [0.15, 0.2) is 47.4 Å². The van der Waals surface area contributed by atoms with Gasteiger partial charge in [0.05, 0.1) is 22.6 Å². The number of ether oxygens (including phenoxy) is 1. The molecule has 37 heavy (non-hydrogen) atoms. The normalized spacial score (nSPS) is 17.8. The maximum atomic E-state index is 15.5. The minimum Gasteiger partial charge on any atom is -0.506 e. The fourth-order valence-electron chi connectivity index (χ4n) is 5.28.